The van der Waals surface area contributed by atoms with Gasteiger partial charge in [0.25, 0.3) is 0 Å². The van der Waals surface area contributed by atoms with Gasteiger partial charge in [-0.2, -0.15) is 0 Å². The van der Waals surface area contributed by atoms with Crippen LogP contribution >= 0.6 is 0 Å². The Morgan fingerprint density at radius 1 is 0.900 bits per heavy atom. The molecule has 1 atom stereocenters. The Labute approximate surface area is 122 Å². The van der Waals surface area contributed by atoms with E-state index in [4.69, 9.17) is 5.84 Å². The highest BCUT2D eigenvalue weighted by Crippen LogP contribution is 2.22. The minimum Gasteiger partial charge on any atom is -0.271 e. The summed E-state index contributed by atoms with van der Waals surface area (Å²) in [6, 6.07) is 13.3. The fraction of sp³-hybridized carbons (Fsp3) is 0.333. The molecule has 0 spiro atoms. The highest BCUT2D eigenvalue weighted by molar-refractivity contribution is 5.35. The monoisotopic (exact) mass is 268 g/mol. The largest absolute Gasteiger partial charge is 0.271 e. The Morgan fingerprint density at radius 2 is 1.60 bits per heavy atom. The van der Waals surface area contributed by atoms with Crippen molar-refractivity contribution in [3.05, 3.63) is 69.8 Å². The zero-order valence-electron chi connectivity index (χ0n) is 12.8. The predicted octanol–water partition coefficient (Wildman–Crippen LogP) is 3.67. The summed E-state index contributed by atoms with van der Waals surface area (Å²) in [6.45, 7) is 8.56. The maximum Gasteiger partial charge on any atom is 0.0500 e. The molecule has 2 nitrogen and oxygen atoms in total. The third-order valence-corrected chi connectivity index (χ3v) is 4.06. The van der Waals surface area contributed by atoms with E-state index in [1.165, 1.54) is 33.4 Å². The van der Waals surface area contributed by atoms with E-state index in [1.54, 1.807) is 0 Å². The van der Waals surface area contributed by atoms with E-state index in [2.05, 4.69) is 69.5 Å². The molecule has 0 fully saturated rings. The number of benzene rings is 2. The van der Waals surface area contributed by atoms with E-state index in [1.807, 2.05) is 0 Å². The molecule has 2 rings (SSSR count). The molecule has 2 aromatic rings. The van der Waals surface area contributed by atoms with Crippen LogP contribution in [0.15, 0.2) is 36.4 Å². The van der Waals surface area contributed by atoms with Gasteiger partial charge in [-0.25, -0.2) is 0 Å². The molecule has 0 aromatic heterocycles. The number of hydrazine groups is 1. The van der Waals surface area contributed by atoms with Crippen molar-refractivity contribution >= 4 is 0 Å². The van der Waals surface area contributed by atoms with Crippen molar-refractivity contribution in [1.29, 1.82) is 0 Å². The van der Waals surface area contributed by atoms with Gasteiger partial charge in [0.05, 0.1) is 0 Å². The first-order valence-corrected chi connectivity index (χ1v) is 7.10. The van der Waals surface area contributed by atoms with Crippen molar-refractivity contribution in [3.63, 3.8) is 0 Å². The van der Waals surface area contributed by atoms with Crippen LogP contribution in [0.3, 0.4) is 0 Å². The van der Waals surface area contributed by atoms with Crippen LogP contribution in [0.2, 0.25) is 0 Å². The van der Waals surface area contributed by atoms with Crippen molar-refractivity contribution < 1.29 is 0 Å². The van der Waals surface area contributed by atoms with Gasteiger partial charge in [-0.05, 0) is 61.9 Å². The second-order valence-electron chi connectivity index (χ2n) is 5.70. The summed E-state index contributed by atoms with van der Waals surface area (Å²) in [7, 11) is 0. The van der Waals surface area contributed by atoms with Crippen molar-refractivity contribution in [2.75, 3.05) is 0 Å². The van der Waals surface area contributed by atoms with E-state index in [0.29, 0.717) is 0 Å². The first-order chi connectivity index (χ1) is 9.51. The van der Waals surface area contributed by atoms with Gasteiger partial charge in [0.1, 0.15) is 0 Å². The van der Waals surface area contributed by atoms with E-state index in [-0.39, 0.29) is 6.04 Å². The summed E-state index contributed by atoms with van der Waals surface area (Å²) < 4.78 is 0. The molecular formula is C18H24N2. The molecule has 1 unspecified atom stereocenters. The molecule has 2 heteroatoms. The van der Waals surface area contributed by atoms with Crippen LogP contribution in [0.4, 0.5) is 0 Å². The number of aryl methyl sites for hydroxylation is 4. The normalized spacial score (nSPS) is 12.4. The molecule has 3 N–H and O–H groups in total. The maximum absolute atomic E-state index is 5.78. The van der Waals surface area contributed by atoms with Crippen molar-refractivity contribution in [1.82, 2.24) is 5.43 Å². The number of nitrogens with one attached hydrogen (secondary N) is 1. The zero-order chi connectivity index (χ0) is 14.7. The SMILES string of the molecule is Cc1ccc(C)c(CC(NN)c2ccc(C)c(C)c2)c1. The fourth-order valence-corrected chi connectivity index (χ4v) is 2.49. The maximum atomic E-state index is 5.78. The average molecular weight is 268 g/mol. The van der Waals surface area contributed by atoms with Crippen LogP contribution in [0.25, 0.3) is 0 Å². The lowest BCUT2D eigenvalue weighted by atomic mass is 9.93. The lowest BCUT2D eigenvalue weighted by Crippen LogP contribution is -2.29. The van der Waals surface area contributed by atoms with E-state index < -0.39 is 0 Å². The average Bonchev–Trinajstić information content (AvgIpc) is 2.43. The summed E-state index contributed by atoms with van der Waals surface area (Å²) >= 11 is 0. The van der Waals surface area contributed by atoms with Crippen LogP contribution in [-0.4, -0.2) is 0 Å². The molecule has 0 amide bonds. The topological polar surface area (TPSA) is 38.0 Å². The zero-order valence-corrected chi connectivity index (χ0v) is 12.8. The molecule has 0 heterocycles. The molecule has 0 radical (unpaired) electrons. The molecule has 0 aliphatic heterocycles. The van der Waals surface area contributed by atoms with Crippen LogP contribution in [0.5, 0.6) is 0 Å². The molecule has 0 saturated carbocycles. The summed E-state index contributed by atoms with van der Waals surface area (Å²) in [5.74, 6) is 5.78. The fourth-order valence-electron chi connectivity index (χ4n) is 2.49. The second kappa shape index (κ2) is 6.21. The molecule has 106 valence electrons. The van der Waals surface area contributed by atoms with Crippen molar-refractivity contribution in [3.8, 4) is 0 Å². The lowest BCUT2D eigenvalue weighted by Gasteiger charge is -2.19. The van der Waals surface area contributed by atoms with Crippen LogP contribution in [-0.2, 0) is 6.42 Å². The molecule has 0 aliphatic carbocycles. The second-order valence-corrected chi connectivity index (χ2v) is 5.70. The van der Waals surface area contributed by atoms with Crippen molar-refractivity contribution in [2.24, 2.45) is 5.84 Å². The third-order valence-electron chi connectivity index (χ3n) is 4.06. The van der Waals surface area contributed by atoms with Crippen molar-refractivity contribution in [2.45, 2.75) is 40.2 Å². The summed E-state index contributed by atoms with van der Waals surface area (Å²) in [4.78, 5) is 0. The molecule has 0 aliphatic rings. The summed E-state index contributed by atoms with van der Waals surface area (Å²) in [5, 5.41) is 0. The molecule has 2 aromatic carbocycles. The number of rotatable bonds is 4. The Morgan fingerprint density at radius 3 is 2.25 bits per heavy atom. The van der Waals surface area contributed by atoms with Gasteiger partial charge in [-0.1, -0.05) is 42.0 Å². The minimum atomic E-state index is 0.148. The van der Waals surface area contributed by atoms with Gasteiger partial charge in [0.2, 0.25) is 0 Å². The highest BCUT2D eigenvalue weighted by Gasteiger charge is 2.12. The Bertz CT molecular complexity index is 602. The summed E-state index contributed by atoms with van der Waals surface area (Å²) in [6.07, 6.45) is 0.909. The Hall–Kier alpha value is -1.64. The quantitative estimate of drug-likeness (QED) is 0.656. The predicted molar refractivity (Wildman–Crippen MR) is 85.6 cm³/mol. The third kappa shape index (κ3) is 3.27. The molecular weight excluding hydrogens is 244 g/mol. The van der Waals surface area contributed by atoms with Gasteiger partial charge in [0, 0.05) is 6.04 Å². The van der Waals surface area contributed by atoms with Crippen LogP contribution in [0.1, 0.15) is 39.4 Å². The van der Waals surface area contributed by atoms with Gasteiger partial charge >= 0.3 is 0 Å². The van der Waals surface area contributed by atoms with Crippen LogP contribution in [0, 0.1) is 27.7 Å². The van der Waals surface area contributed by atoms with Crippen LogP contribution < -0.4 is 11.3 Å². The Kier molecular flexibility index (Phi) is 4.58. The van der Waals surface area contributed by atoms with E-state index >= 15 is 0 Å². The standard InChI is InChI=1S/C18H24N2/c1-12-5-6-14(3)17(9-12)11-18(20-19)16-8-7-13(2)15(4)10-16/h5-10,18,20H,11,19H2,1-4H3. The molecule has 0 bridgehead atoms. The smallest absolute Gasteiger partial charge is 0.0500 e. The van der Waals surface area contributed by atoms with Gasteiger partial charge in [0.15, 0.2) is 0 Å². The number of hydrogen-bond acceptors (Lipinski definition) is 2. The minimum absolute atomic E-state index is 0.148. The van der Waals surface area contributed by atoms with Gasteiger partial charge in [-0.3, -0.25) is 11.3 Å². The molecule has 20 heavy (non-hydrogen) atoms. The van der Waals surface area contributed by atoms with Gasteiger partial charge < -0.3 is 0 Å². The van der Waals surface area contributed by atoms with Gasteiger partial charge in [-0.15, -0.1) is 0 Å². The summed E-state index contributed by atoms with van der Waals surface area (Å²) in [5.41, 5.74) is 10.8. The van der Waals surface area contributed by atoms with E-state index in [9.17, 15) is 0 Å². The first-order valence-electron chi connectivity index (χ1n) is 7.10. The molecule has 0 saturated heterocycles. The van der Waals surface area contributed by atoms with E-state index in [0.717, 1.165) is 6.42 Å². The first kappa shape index (κ1) is 14.8. The number of hydrogen-bond donors (Lipinski definition) is 2. The Balaban J connectivity index is 2.28. The highest BCUT2D eigenvalue weighted by atomic mass is 15.2. The number of nitrogens with two attached hydrogens (primary N) is 1. The lowest BCUT2D eigenvalue weighted by molar-refractivity contribution is 0.550.